The van der Waals surface area contributed by atoms with Gasteiger partial charge in [-0.1, -0.05) is 49.3 Å². The fraction of sp³-hybridized carbons (Fsp3) is 0.353. The van der Waals surface area contributed by atoms with Crippen LogP contribution in [0.5, 0.6) is 0 Å². The van der Waals surface area contributed by atoms with Gasteiger partial charge in [0.25, 0.3) is 0 Å². The summed E-state index contributed by atoms with van der Waals surface area (Å²) in [6.45, 7) is 7.39. The zero-order valence-electron chi connectivity index (χ0n) is 13.6. The molecule has 0 aliphatic carbocycles. The third-order valence-corrected chi connectivity index (χ3v) is 5.07. The Bertz CT molecular complexity index is 736. The Morgan fingerprint density at radius 3 is 2.61 bits per heavy atom. The zero-order valence-corrected chi connectivity index (χ0v) is 15.2. The first kappa shape index (κ1) is 17.9. The number of Topliss-reactive ketones (excluding diaryl/α,β-unsaturated/α-hetero) is 1. The van der Waals surface area contributed by atoms with Gasteiger partial charge >= 0.3 is 0 Å². The maximum absolute atomic E-state index is 11.7. The number of ketones is 1. The minimum absolute atomic E-state index is 0.0557. The van der Waals surface area contributed by atoms with E-state index in [9.17, 15) is 4.79 Å². The van der Waals surface area contributed by atoms with E-state index in [0.29, 0.717) is 10.8 Å². The van der Waals surface area contributed by atoms with Crippen LogP contribution >= 0.6 is 23.4 Å². The Hall–Kier alpha value is -1.43. The van der Waals surface area contributed by atoms with Crippen LogP contribution in [0.3, 0.4) is 0 Å². The molecule has 0 radical (unpaired) electrons. The van der Waals surface area contributed by atoms with E-state index >= 15 is 0 Å². The van der Waals surface area contributed by atoms with Crippen molar-refractivity contribution in [2.75, 3.05) is 0 Å². The third-order valence-electron chi connectivity index (χ3n) is 3.42. The monoisotopic (exact) mass is 349 g/mol. The van der Waals surface area contributed by atoms with E-state index in [-0.39, 0.29) is 11.0 Å². The zero-order chi connectivity index (χ0) is 17.1. The smallest absolute Gasteiger partial charge is 0.145 e. The van der Waals surface area contributed by atoms with E-state index in [4.69, 9.17) is 17.3 Å². The predicted octanol–water partition coefficient (Wildman–Crippen LogP) is 4.19. The maximum atomic E-state index is 11.7. The SMILES string of the molecule is CC.CC(=O)C1Sc2nc(C)nc(-c3cccc(Cl)c3)c2C1N. The number of aromatic nitrogens is 2. The highest BCUT2D eigenvalue weighted by Crippen LogP contribution is 2.45. The minimum Gasteiger partial charge on any atom is -0.322 e. The second-order valence-corrected chi connectivity index (χ2v) is 6.59. The van der Waals surface area contributed by atoms with Crippen LogP contribution in [0.2, 0.25) is 5.02 Å². The van der Waals surface area contributed by atoms with Gasteiger partial charge in [0.2, 0.25) is 0 Å². The Balaban J connectivity index is 0.000000924. The predicted molar refractivity (Wildman–Crippen MR) is 95.8 cm³/mol. The molecular formula is C17H20ClN3OS. The van der Waals surface area contributed by atoms with Gasteiger partial charge in [-0.05, 0) is 26.0 Å². The molecule has 2 N–H and O–H groups in total. The largest absolute Gasteiger partial charge is 0.322 e. The molecule has 0 fully saturated rings. The lowest BCUT2D eigenvalue weighted by Crippen LogP contribution is -2.25. The number of carbonyl (C=O) groups is 1. The van der Waals surface area contributed by atoms with Crippen molar-refractivity contribution in [2.24, 2.45) is 5.73 Å². The number of nitrogens with zero attached hydrogens (tertiary/aromatic N) is 2. The molecule has 1 aromatic heterocycles. The lowest BCUT2D eigenvalue weighted by molar-refractivity contribution is -0.116. The summed E-state index contributed by atoms with van der Waals surface area (Å²) in [6, 6.07) is 7.08. The van der Waals surface area contributed by atoms with E-state index in [1.807, 2.05) is 45.0 Å². The molecular weight excluding hydrogens is 330 g/mol. The van der Waals surface area contributed by atoms with Crippen LogP contribution < -0.4 is 5.73 Å². The van der Waals surface area contributed by atoms with E-state index in [2.05, 4.69) is 9.97 Å². The van der Waals surface area contributed by atoms with Crippen molar-refractivity contribution < 1.29 is 4.79 Å². The van der Waals surface area contributed by atoms with Crippen LogP contribution in [0.4, 0.5) is 0 Å². The van der Waals surface area contributed by atoms with E-state index < -0.39 is 6.04 Å². The molecule has 122 valence electrons. The van der Waals surface area contributed by atoms with Crippen LogP contribution in [-0.4, -0.2) is 21.0 Å². The fourth-order valence-corrected chi connectivity index (χ4v) is 3.91. The Morgan fingerprint density at radius 2 is 2.00 bits per heavy atom. The summed E-state index contributed by atoms with van der Waals surface area (Å²) in [5.41, 5.74) is 8.76. The summed E-state index contributed by atoms with van der Waals surface area (Å²) in [5, 5.41) is 1.14. The molecule has 2 atom stereocenters. The summed E-state index contributed by atoms with van der Waals surface area (Å²) in [6.07, 6.45) is 0. The van der Waals surface area contributed by atoms with Gasteiger partial charge in [0.1, 0.15) is 16.6 Å². The molecule has 6 heteroatoms. The molecule has 1 aliphatic heterocycles. The van der Waals surface area contributed by atoms with Crippen molar-refractivity contribution >= 4 is 29.1 Å². The topological polar surface area (TPSA) is 68.9 Å². The lowest BCUT2D eigenvalue weighted by Gasteiger charge is -2.14. The first-order valence-electron chi connectivity index (χ1n) is 7.54. The average molecular weight is 350 g/mol. The first-order chi connectivity index (χ1) is 11.0. The van der Waals surface area contributed by atoms with Crippen molar-refractivity contribution in [2.45, 2.75) is 44.0 Å². The van der Waals surface area contributed by atoms with Crippen LogP contribution in [0.1, 0.15) is 38.2 Å². The van der Waals surface area contributed by atoms with E-state index in [1.54, 1.807) is 6.92 Å². The van der Waals surface area contributed by atoms with Gasteiger partial charge in [0.05, 0.1) is 17.0 Å². The van der Waals surface area contributed by atoms with Gasteiger partial charge in [0, 0.05) is 16.1 Å². The quantitative estimate of drug-likeness (QED) is 0.823. The van der Waals surface area contributed by atoms with Crippen molar-refractivity contribution in [3.63, 3.8) is 0 Å². The molecule has 2 aromatic rings. The number of carbonyl (C=O) groups excluding carboxylic acids is 1. The third kappa shape index (κ3) is 3.57. The molecule has 4 nitrogen and oxygen atoms in total. The molecule has 0 bridgehead atoms. The summed E-state index contributed by atoms with van der Waals surface area (Å²) in [4.78, 5) is 20.7. The van der Waals surface area contributed by atoms with Crippen LogP contribution in [0, 0.1) is 6.92 Å². The van der Waals surface area contributed by atoms with Gasteiger partial charge in [-0.2, -0.15) is 0 Å². The fourth-order valence-electron chi connectivity index (χ4n) is 2.48. The molecule has 0 saturated heterocycles. The number of fused-ring (bicyclic) bond motifs is 1. The molecule has 3 rings (SSSR count). The minimum atomic E-state index is -0.392. The van der Waals surface area contributed by atoms with Gasteiger partial charge < -0.3 is 5.73 Å². The second-order valence-electron chi connectivity index (χ2n) is 5.02. The number of halogens is 1. The number of thioether (sulfide) groups is 1. The summed E-state index contributed by atoms with van der Waals surface area (Å²) >= 11 is 7.49. The van der Waals surface area contributed by atoms with Gasteiger partial charge in [-0.25, -0.2) is 9.97 Å². The molecule has 23 heavy (non-hydrogen) atoms. The van der Waals surface area contributed by atoms with Crippen molar-refractivity contribution in [3.8, 4) is 11.3 Å². The molecule has 0 amide bonds. The standard InChI is InChI=1S/C15H14ClN3OS.C2H6/c1-7(20)14-12(17)11-13(9-4-3-5-10(16)6-9)18-8(2)19-15(11)21-14;1-2/h3-6,12,14H,17H2,1-2H3;1-2H3. The van der Waals surface area contributed by atoms with Gasteiger partial charge in [-0.3, -0.25) is 4.79 Å². The Labute approximate surface area is 145 Å². The van der Waals surface area contributed by atoms with Crippen molar-refractivity contribution in [3.05, 3.63) is 40.7 Å². The first-order valence-corrected chi connectivity index (χ1v) is 8.80. The van der Waals surface area contributed by atoms with Crippen molar-refractivity contribution in [1.29, 1.82) is 0 Å². The van der Waals surface area contributed by atoms with Crippen LogP contribution in [0.25, 0.3) is 11.3 Å². The summed E-state index contributed by atoms with van der Waals surface area (Å²) < 4.78 is 0. The number of aryl methyl sites for hydroxylation is 1. The highest BCUT2D eigenvalue weighted by Gasteiger charge is 2.37. The van der Waals surface area contributed by atoms with E-state index in [0.717, 1.165) is 21.8 Å². The number of benzene rings is 1. The Kier molecular flexibility index (Phi) is 5.79. The molecule has 0 spiro atoms. The van der Waals surface area contributed by atoms with Crippen molar-refractivity contribution in [1.82, 2.24) is 9.97 Å². The van der Waals surface area contributed by atoms with Gasteiger partial charge in [0.15, 0.2) is 0 Å². The molecule has 2 unspecified atom stereocenters. The summed E-state index contributed by atoms with van der Waals surface area (Å²) in [7, 11) is 0. The van der Waals surface area contributed by atoms with E-state index in [1.165, 1.54) is 11.8 Å². The normalized spacial score (nSPS) is 18.9. The van der Waals surface area contributed by atoms with Crippen LogP contribution in [0.15, 0.2) is 29.3 Å². The lowest BCUT2D eigenvalue weighted by atomic mass is 9.98. The average Bonchev–Trinajstić information content (AvgIpc) is 2.85. The number of hydrogen-bond donors (Lipinski definition) is 1. The maximum Gasteiger partial charge on any atom is 0.145 e. The highest BCUT2D eigenvalue weighted by molar-refractivity contribution is 8.01. The molecule has 0 saturated carbocycles. The number of rotatable bonds is 2. The highest BCUT2D eigenvalue weighted by atomic mass is 35.5. The molecule has 1 aliphatic rings. The molecule has 1 aromatic carbocycles. The number of nitrogens with two attached hydrogens (primary N) is 1. The Morgan fingerprint density at radius 1 is 1.30 bits per heavy atom. The van der Waals surface area contributed by atoms with Crippen LogP contribution in [-0.2, 0) is 4.79 Å². The second kappa shape index (κ2) is 7.43. The summed E-state index contributed by atoms with van der Waals surface area (Å²) in [5.74, 6) is 0.716. The molecule has 2 heterocycles. The van der Waals surface area contributed by atoms with Gasteiger partial charge in [-0.15, -0.1) is 0 Å². The number of hydrogen-bond acceptors (Lipinski definition) is 5.